The number of carbonyl (C=O) groups is 1. The van der Waals surface area contributed by atoms with E-state index in [9.17, 15) is 4.79 Å². The molecule has 1 aliphatic carbocycles. The van der Waals surface area contributed by atoms with Gasteiger partial charge in [0.25, 0.3) is 0 Å². The second-order valence-electron chi connectivity index (χ2n) is 9.67. The Labute approximate surface area is 138 Å². The van der Waals surface area contributed by atoms with Gasteiger partial charge in [-0.15, -0.1) is 0 Å². The molecular weight excluding hydrogens is 272 g/mol. The van der Waals surface area contributed by atoms with Crippen molar-refractivity contribution in [2.24, 2.45) is 22.2 Å². The third-order valence-electron chi connectivity index (χ3n) is 7.00. The van der Waals surface area contributed by atoms with E-state index in [-0.39, 0.29) is 22.4 Å². The van der Waals surface area contributed by atoms with Crippen molar-refractivity contribution in [3.05, 3.63) is 0 Å². The summed E-state index contributed by atoms with van der Waals surface area (Å²) in [6.45, 7) is 19.5. The van der Waals surface area contributed by atoms with Crippen molar-refractivity contribution < 1.29 is 9.53 Å². The maximum Gasteiger partial charge on any atom is 0.312 e. The molecule has 0 unspecified atom stereocenters. The summed E-state index contributed by atoms with van der Waals surface area (Å²) >= 11 is 0. The van der Waals surface area contributed by atoms with Crippen LogP contribution in [0.2, 0.25) is 0 Å². The summed E-state index contributed by atoms with van der Waals surface area (Å²) in [5, 5.41) is 0. The number of esters is 1. The van der Waals surface area contributed by atoms with Gasteiger partial charge in [-0.2, -0.15) is 0 Å². The van der Waals surface area contributed by atoms with Crippen LogP contribution >= 0.6 is 0 Å². The van der Waals surface area contributed by atoms with Crippen LogP contribution in [0, 0.1) is 22.2 Å². The van der Waals surface area contributed by atoms with E-state index < -0.39 is 5.41 Å². The Bertz CT molecular complexity index is 390. The lowest BCUT2D eigenvalue weighted by Crippen LogP contribution is -2.52. The highest BCUT2D eigenvalue weighted by Crippen LogP contribution is 2.52. The minimum Gasteiger partial charge on any atom is -0.458 e. The molecule has 0 N–H and O–H groups in total. The SMILES string of the molecule is CC(C)C1(OC(=O)C(C)(C)C(C)(C)C(C)(C)C)CCCCC1. The zero-order valence-electron chi connectivity index (χ0n) is 16.4. The van der Waals surface area contributed by atoms with E-state index in [2.05, 4.69) is 62.3 Å². The molecule has 0 aromatic rings. The fourth-order valence-electron chi connectivity index (χ4n) is 3.45. The van der Waals surface area contributed by atoms with Crippen molar-refractivity contribution in [2.75, 3.05) is 0 Å². The first-order valence-corrected chi connectivity index (χ1v) is 9.01. The van der Waals surface area contributed by atoms with E-state index in [0.29, 0.717) is 5.92 Å². The number of carbonyl (C=O) groups excluding carboxylic acids is 1. The molecule has 1 rings (SSSR count). The summed E-state index contributed by atoms with van der Waals surface area (Å²) in [5.41, 5.74) is -0.873. The van der Waals surface area contributed by atoms with Gasteiger partial charge < -0.3 is 4.74 Å². The molecule has 0 aromatic heterocycles. The van der Waals surface area contributed by atoms with Crippen LogP contribution in [0.1, 0.15) is 94.4 Å². The van der Waals surface area contributed by atoms with Crippen LogP contribution < -0.4 is 0 Å². The standard InChI is InChI=1S/C20H38O2/c1-15(2)20(13-11-10-12-14-20)22-16(21)18(6,7)19(8,9)17(3,4)5/h15H,10-14H2,1-9H3. The van der Waals surface area contributed by atoms with Gasteiger partial charge in [-0.3, -0.25) is 4.79 Å². The highest BCUT2D eigenvalue weighted by atomic mass is 16.6. The predicted octanol–water partition coefficient (Wildman–Crippen LogP) is 5.99. The molecule has 0 aliphatic heterocycles. The van der Waals surface area contributed by atoms with Gasteiger partial charge in [0.05, 0.1) is 5.41 Å². The molecule has 1 aliphatic rings. The fourth-order valence-corrected chi connectivity index (χ4v) is 3.45. The third-order valence-corrected chi connectivity index (χ3v) is 7.00. The van der Waals surface area contributed by atoms with E-state index in [1.54, 1.807) is 0 Å². The van der Waals surface area contributed by atoms with Gasteiger partial charge in [-0.1, -0.05) is 54.9 Å². The van der Waals surface area contributed by atoms with Gasteiger partial charge in [-0.25, -0.2) is 0 Å². The molecule has 2 heteroatoms. The second kappa shape index (κ2) is 6.17. The zero-order valence-corrected chi connectivity index (χ0v) is 16.4. The average molecular weight is 311 g/mol. The summed E-state index contributed by atoms with van der Waals surface area (Å²) < 4.78 is 6.25. The highest BCUT2D eigenvalue weighted by Gasteiger charge is 2.53. The molecule has 0 saturated heterocycles. The third kappa shape index (κ3) is 3.36. The van der Waals surface area contributed by atoms with E-state index in [0.717, 1.165) is 12.8 Å². The van der Waals surface area contributed by atoms with Crippen molar-refractivity contribution in [3.8, 4) is 0 Å². The highest BCUT2D eigenvalue weighted by molar-refractivity contribution is 5.77. The smallest absolute Gasteiger partial charge is 0.312 e. The van der Waals surface area contributed by atoms with Gasteiger partial charge in [-0.05, 0) is 56.3 Å². The van der Waals surface area contributed by atoms with Gasteiger partial charge in [0.15, 0.2) is 0 Å². The zero-order chi connectivity index (χ0) is 17.4. The van der Waals surface area contributed by atoms with Crippen LogP contribution in [0.4, 0.5) is 0 Å². The predicted molar refractivity (Wildman–Crippen MR) is 93.8 cm³/mol. The molecular formula is C20H38O2. The Kier molecular flexibility index (Phi) is 5.47. The van der Waals surface area contributed by atoms with E-state index in [4.69, 9.17) is 4.74 Å². The molecule has 2 nitrogen and oxygen atoms in total. The van der Waals surface area contributed by atoms with Crippen LogP contribution in [0.15, 0.2) is 0 Å². The number of hydrogen-bond acceptors (Lipinski definition) is 2. The van der Waals surface area contributed by atoms with E-state index in [1.165, 1.54) is 19.3 Å². The van der Waals surface area contributed by atoms with E-state index >= 15 is 0 Å². The fraction of sp³-hybridized carbons (Fsp3) is 0.950. The minimum atomic E-state index is -0.509. The average Bonchev–Trinajstić information content (AvgIpc) is 2.37. The molecule has 130 valence electrons. The van der Waals surface area contributed by atoms with Crippen LogP contribution in [-0.4, -0.2) is 11.6 Å². The maximum absolute atomic E-state index is 13.1. The summed E-state index contributed by atoms with van der Waals surface area (Å²) in [6, 6.07) is 0. The Balaban J connectivity index is 3.03. The number of ether oxygens (including phenoxy) is 1. The first-order chi connectivity index (χ1) is 9.78. The molecule has 0 bridgehead atoms. The quantitative estimate of drug-likeness (QED) is 0.596. The molecule has 22 heavy (non-hydrogen) atoms. The minimum absolute atomic E-state index is 0.0250. The molecule has 0 atom stereocenters. The van der Waals surface area contributed by atoms with Crippen LogP contribution in [0.25, 0.3) is 0 Å². The molecule has 0 heterocycles. The summed E-state index contributed by atoms with van der Waals surface area (Å²) in [7, 11) is 0. The Morgan fingerprint density at radius 3 is 1.73 bits per heavy atom. The van der Waals surface area contributed by atoms with Gasteiger partial charge in [0.2, 0.25) is 0 Å². The Morgan fingerprint density at radius 2 is 1.36 bits per heavy atom. The Morgan fingerprint density at radius 1 is 0.909 bits per heavy atom. The summed E-state index contributed by atoms with van der Waals surface area (Å²) in [6.07, 6.45) is 5.65. The Hall–Kier alpha value is -0.530. The van der Waals surface area contributed by atoms with Crippen molar-refractivity contribution in [2.45, 2.75) is 100 Å². The maximum atomic E-state index is 13.1. The normalized spacial score (nSPS) is 20.1. The second-order valence-corrected chi connectivity index (χ2v) is 9.67. The van der Waals surface area contributed by atoms with Crippen LogP contribution in [-0.2, 0) is 9.53 Å². The summed E-state index contributed by atoms with van der Waals surface area (Å²) in [4.78, 5) is 13.1. The first-order valence-electron chi connectivity index (χ1n) is 9.01. The lowest BCUT2D eigenvalue weighted by Gasteiger charge is -2.51. The molecule has 0 spiro atoms. The van der Waals surface area contributed by atoms with Crippen LogP contribution in [0.5, 0.6) is 0 Å². The van der Waals surface area contributed by atoms with E-state index in [1.807, 2.05) is 0 Å². The lowest BCUT2D eigenvalue weighted by molar-refractivity contribution is -0.192. The molecule has 1 saturated carbocycles. The van der Waals surface area contributed by atoms with Crippen molar-refractivity contribution in [1.82, 2.24) is 0 Å². The lowest BCUT2D eigenvalue weighted by atomic mass is 9.55. The van der Waals surface area contributed by atoms with Gasteiger partial charge in [0, 0.05) is 0 Å². The van der Waals surface area contributed by atoms with Crippen molar-refractivity contribution in [1.29, 1.82) is 0 Å². The van der Waals surface area contributed by atoms with Crippen molar-refractivity contribution >= 4 is 5.97 Å². The first kappa shape index (κ1) is 19.5. The van der Waals surface area contributed by atoms with Crippen molar-refractivity contribution in [3.63, 3.8) is 0 Å². The topological polar surface area (TPSA) is 26.3 Å². The van der Waals surface area contributed by atoms with Crippen LogP contribution in [0.3, 0.4) is 0 Å². The monoisotopic (exact) mass is 310 g/mol. The number of rotatable bonds is 4. The molecule has 1 fully saturated rings. The van der Waals surface area contributed by atoms with Gasteiger partial charge in [0.1, 0.15) is 5.60 Å². The summed E-state index contributed by atoms with van der Waals surface area (Å²) in [5.74, 6) is 0.355. The van der Waals surface area contributed by atoms with Gasteiger partial charge >= 0.3 is 5.97 Å². The number of hydrogen-bond donors (Lipinski definition) is 0. The largest absolute Gasteiger partial charge is 0.458 e. The molecule has 0 radical (unpaired) electrons. The molecule has 0 aromatic carbocycles. The molecule has 0 amide bonds.